The zero-order valence-corrected chi connectivity index (χ0v) is 14.3. The molecule has 2 aromatic rings. The highest BCUT2D eigenvalue weighted by molar-refractivity contribution is 5.65. The van der Waals surface area contributed by atoms with Crippen LogP contribution in [0.15, 0.2) is 18.2 Å². The summed E-state index contributed by atoms with van der Waals surface area (Å²) in [7, 11) is 0. The van der Waals surface area contributed by atoms with Crippen LogP contribution in [0.1, 0.15) is 42.5 Å². The topological polar surface area (TPSA) is 90.9 Å². The highest BCUT2D eigenvalue weighted by Gasteiger charge is 2.23. The second-order valence-corrected chi connectivity index (χ2v) is 6.78. The number of nitriles is 1. The summed E-state index contributed by atoms with van der Waals surface area (Å²) in [6.45, 7) is 2.14. The van der Waals surface area contributed by atoms with Gasteiger partial charge in [0, 0.05) is 30.0 Å². The van der Waals surface area contributed by atoms with Gasteiger partial charge >= 0.3 is 0 Å². The minimum atomic E-state index is 0.528. The maximum absolute atomic E-state index is 9.13. The average Bonchev–Trinajstić information content (AvgIpc) is 3.15. The normalized spacial score (nSPS) is 16.4. The van der Waals surface area contributed by atoms with Crippen LogP contribution in [0, 0.1) is 11.3 Å². The van der Waals surface area contributed by atoms with Crippen molar-refractivity contribution in [3.63, 3.8) is 0 Å². The SMILES string of the molecule is N#Cc1cc(N)cc(Nc2nc3c(c(N4CCCC4)n2)CCCC3)c1. The Morgan fingerprint density at radius 3 is 2.64 bits per heavy atom. The van der Waals surface area contributed by atoms with E-state index in [2.05, 4.69) is 16.3 Å². The summed E-state index contributed by atoms with van der Waals surface area (Å²) < 4.78 is 0. The molecule has 4 rings (SSSR count). The van der Waals surface area contributed by atoms with Crippen molar-refractivity contribution in [1.29, 1.82) is 5.26 Å². The van der Waals surface area contributed by atoms with Gasteiger partial charge in [-0.15, -0.1) is 0 Å². The maximum atomic E-state index is 9.13. The number of fused-ring (bicyclic) bond motifs is 1. The largest absolute Gasteiger partial charge is 0.399 e. The fourth-order valence-corrected chi connectivity index (χ4v) is 3.74. The lowest BCUT2D eigenvalue weighted by Gasteiger charge is -2.25. The Morgan fingerprint density at radius 1 is 1.04 bits per heavy atom. The molecule has 1 aliphatic carbocycles. The van der Waals surface area contributed by atoms with Crippen molar-refractivity contribution in [1.82, 2.24) is 9.97 Å². The van der Waals surface area contributed by atoms with Crippen LogP contribution < -0.4 is 16.0 Å². The molecule has 0 saturated carbocycles. The van der Waals surface area contributed by atoms with Crippen molar-refractivity contribution in [2.24, 2.45) is 0 Å². The van der Waals surface area contributed by atoms with Crippen LogP contribution in [0.2, 0.25) is 0 Å². The molecular formula is C19H22N6. The van der Waals surface area contributed by atoms with Crippen molar-refractivity contribution in [2.45, 2.75) is 38.5 Å². The van der Waals surface area contributed by atoms with Crippen molar-refractivity contribution >= 4 is 23.1 Å². The van der Waals surface area contributed by atoms with Crippen LogP contribution in [-0.2, 0) is 12.8 Å². The molecule has 1 fully saturated rings. The number of nitrogens with one attached hydrogen (secondary N) is 1. The van der Waals surface area contributed by atoms with Crippen LogP contribution in [0.5, 0.6) is 0 Å². The first-order valence-electron chi connectivity index (χ1n) is 8.95. The highest BCUT2D eigenvalue weighted by Crippen LogP contribution is 2.32. The number of aromatic nitrogens is 2. The molecule has 25 heavy (non-hydrogen) atoms. The molecule has 6 heteroatoms. The first kappa shape index (κ1) is 15.7. The third-order valence-corrected chi connectivity index (χ3v) is 4.91. The first-order valence-corrected chi connectivity index (χ1v) is 8.95. The van der Waals surface area contributed by atoms with Gasteiger partial charge in [-0.05, 0) is 56.7 Å². The molecular weight excluding hydrogens is 312 g/mol. The van der Waals surface area contributed by atoms with Crippen LogP contribution in [0.4, 0.5) is 23.1 Å². The molecule has 1 aromatic heterocycles. The van der Waals surface area contributed by atoms with E-state index in [4.69, 9.17) is 21.0 Å². The van der Waals surface area contributed by atoms with E-state index in [1.54, 1.807) is 18.2 Å². The molecule has 1 aromatic carbocycles. The number of nitrogens with two attached hydrogens (primary N) is 1. The van der Waals surface area contributed by atoms with E-state index in [1.807, 2.05) is 0 Å². The fourth-order valence-electron chi connectivity index (χ4n) is 3.74. The quantitative estimate of drug-likeness (QED) is 0.838. The van der Waals surface area contributed by atoms with Gasteiger partial charge in [0.05, 0.1) is 17.3 Å². The van der Waals surface area contributed by atoms with Crippen molar-refractivity contribution in [3.05, 3.63) is 35.0 Å². The Hall–Kier alpha value is -2.81. The monoisotopic (exact) mass is 334 g/mol. The van der Waals surface area contributed by atoms with Crippen LogP contribution in [0.3, 0.4) is 0 Å². The van der Waals surface area contributed by atoms with Crippen molar-refractivity contribution in [3.8, 4) is 6.07 Å². The molecule has 0 amide bonds. The smallest absolute Gasteiger partial charge is 0.229 e. The summed E-state index contributed by atoms with van der Waals surface area (Å²) in [5.74, 6) is 1.69. The molecule has 1 aliphatic heterocycles. The molecule has 6 nitrogen and oxygen atoms in total. The van der Waals surface area contributed by atoms with E-state index in [1.165, 1.54) is 31.2 Å². The Bertz CT molecular complexity index is 833. The number of nitrogens with zero attached hydrogens (tertiary/aromatic N) is 4. The highest BCUT2D eigenvalue weighted by atomic mass is 15.2. The first-order chi connectivity index (χ1) is 12.2. The zero-order chi connectivity index (χ0) is 17.2. The Morgan fingerprint density at radius 2 is 1.84 bits per heavy atom. The van der Waals surface area contributed by atoms with Gasteiger partial charge in [0.2, 0.25) is 5.95 Å². The Labute approximate surface area is 147 Å². The lowest BCUT2D eigenvalue weighted by molar-refractivity contribution is 0.660. The molecule has 128 valence electrons. The average molecular weight is 334 g/mol. The number of rotatable bonds is 3. The van der Waals surface area contributed by atoms with Crippen LogP contribution >= 0.6 is 0 Å². The van der Waals surface area contributed by atoms with Gasteiger partial charge in [0.15, 0.2) is 0 Å². The number of benzene rings is 1. The summed E-state index contributed by atoms with van der Waals surface area (Å²) in [4.78, 5) is 12.0. The second-order valence-electron chi connectivity index (χ2n) is 6.78. The number of nitrogen functional groups attached to an aromatic ring is 1. The summed E-state index contributed by atoms with van der Waals surface area (Å²) in [5, 5.41) is 12.4. The third kappa shape index (κ3) is 3.22. The van der Waals surface area contributed by atoms with Gasteiger partial charge in [-0.2, -0.15) is 10.2 Å². The van der Waals surface area contributed by atoms with Crippen LogP contribution in [-0.4, -0.2) is 23.1 Å². The molecule has 3 N–H and O–H groups in total. The van der Waals surface area contributed by atoms with Gasteiger partial charge in [0.1, 0.15) is 5.82 Å². The van der Waals surface area contributed by atoms with Gasteiger partial charge < -0.3 is 16.0 Å². The van der Waals surface area contributed by atoms with Gasteiger partial charge in [-0.1, -0.05) is 0 Å². The summed E-state index contributed by atoms with van der Waals surface area (Å²) >= 11 is 0. The number of hydrogen-bond donors (Lipinski definition) is 2. The van der Waals surface area contributed by atoms with E-state index in [-0.39, 0.29) is 0 Å². The summed E-state index contributed by atoms with van der Waals surface area (Å²) in [6, 6.07) is 7.37. The molecule has 0 radical (unpaired) electrons. The maximum Gasteiger partial charge on any atom is 0.229 e. The minimum Gasteiger partial charge on any atom is -0.399 e. The number of hydrogen-bond acceptors (Lipinski definition) is 6. The second kappa shape index (κ2) is 6.60. The minimum absolute atomic E-state index is 0.528. The van der Waals surface area contributed by atoms with Crippen LogP contribution in [0.25, 0.3) is 0 Å². The molecule has 0 bridgehead atoms. The van der Waals surface area contributed by atoms with E-state index in [9.17, 15) is 0 Å². The molecule has 1 saturated heterocycles. The zero-order valence-electron chi connectivity index (χ0n) is 14.3. The molecule has 2 heterocycles. The lowest BCUT2D eigenvalue weighted by Crippen LogP contribution is -2.24. The van der Waals surface area contributed by atoms with Gasteiger partial charge in [-0.3, -0.25) is 0 Å². The van der Waals surface area contributed by atoms with E-state index >= 15 is 0 Å². The Balaban J connectivity index is 1.71. The van der Waals surface area contributed by atoms with E-state index < -0.39 is 0 Å². The molecule has 0 atom stereocenters. The summed E-state index contributed by atoms with van der Waals surface area (Å²) in [6.07, 6.45) is 6.92. The molecule has 0 spiro atoms. The fraction of sp³-hybridized carbons (Fsp3) is 0.421. The standard InChI is InChI=1S/C19H22N6/c20-12-13-9-14(21)11-15(10-13)22-19-23-17-6-2-1-5-16(17)18(24-19)25-7-3-4-8-25/h9-11H,1-8,21H2,(H,22,23,24). The van der Waals surface area contributed by atoms with Crippen molar-refractivity contribution in [2.75, 3.05) is 29.0 Å². The van der Waals surface area contributed by atoms with E-state index in [0.717, 1.165) is 43.1 Å². The Kier molecular flexibility index (Phi) is 4.14. The summed E-state index contributed by atoms with van der Waals surface area (Å²) in [5.41, 5.74) is 10.2. The predicted molar refractivity (Wildman–Crippen MR) is 99.0 cm³/mol. The number of anilines is 4. The molecule has 2 aliphatic rings. The van der Waals surface area contributed by atoms with Crippen molar-refractivity contribution < 1.29 is 0 Å². The number of aryl methyl sites for hydroxylation is 1. The van der Waals surface area contributed by atoms with Gasteiger partial charge in [0.25, 0.3) is 0 Å². The lowest BCUT2D eigenvalue weighted by atomic mass is 9.96. The third-order valence-electron chi connectivity index (χ3n) is 4.91. The predicted octanol–water partition coefficient (Wildman–Crippen LogP) is 3.15. The molecule has 0 unspecified atom stereocenters. The van der Waals surface area contributed by atoms with Gasteiger partial charge in [-0.25, -0.2) is 4.98 Å². The van der Waals surface area contributed by atoms with E-state index in [0.29, 0.717) is 17.2 Å².